The Morgan fingerprint density at radius 3 is 2.63 bits per heavy atom. The Kier molecular flexibility index (Phi) is 7.61. The van der Waals surface area contributed by atoms with Crippen LogP contribution in [-0.4, -0.2) is 68.8 Å². The molecule has 0 unspecified atom stereocenters. The fraction of sp³-hybridized carbons (Fsp3) is 0.419. The van der Waals surface area contributed by atoms with Gasteiger partial charge in [-0.2, -0.15) is 18.3 Å². The van der Waals surface area contributed by atoms with Crippen molar-refractivity contribution in [3.63, 3.8) is 0 Å². The molecule has 4 aromatic rings. The van der Waals surface area contributed by atoms with E-state index in [2.05, 4.69) is 34.5 Å². The molecule has 2 amide bonds. The second-order valence-corrected chi connectivity index (χ2v) is 11.5. The summed E-state index contributed by atoms with van der Waals surface area (Å²) in [4.78, 5) is 24.7. The Morgan fingerprint density at radius 1 is 1.12 bits per heavy atom. The maximum atomic E-state index is 13.1. The summed E-state index contributed by atoms with van der Waals surface area (Å²) < 4.78 is 47.2. The number of anilines is 1. The van der Waals surface area contributed by atoms with Crippen LogP contribution >= 0.6 is 0 Å². The van der Waals surface area contributed by atoms with Crippen molar-refractivity contribution in [1.82, 2.24) is 29.8 Å². The minimum atomic E-state index is -4.49. The van der Waals surface area contributed by atoms with Crippen molar-refractivity contribution in [2.75, 3.05) is 37.7 Å². The lowest BCUT2D eigenvalue weighted by Gasteiger charge is -2.39. The number of aromatic nitrogens is 4. The molecule has 12 heteroatoms. The number of alkyl halides is 3. The van der Waals surface area contributed by atoms with Gasteiger partial charge in [0.2, 0.25) is 0 Å². The summed E-state index contributed by atoms with van der Waals surface area (Å²) in [6, 6.07) is 14.7. The van der Waals surface area contributed by atoms with Crippen LogP contribution in [0.5, 0.6) is 5.75 Å². The number of benzene rings is 1. The molecule has 0 radical (unpaired) electrons. The minimum Gasteiger partial charge on any atom is -0.491 e. The SMILES string of the molecule is Cc1cc(OC[C@H](C)c2ccccc2)cn2nc(CCN3CC4(CCN(c5ccnc(C(F)(F)F)c5)CC4)NC3=O)nc12. The minimum absolute atomic E-state index is 0.139. The van der Waals surface area contributed by atoms with Gasteiger partial charge in [-0.1, -0.05) is 37.3 Å². The van der Waals surface area contributed by atoms with Crippen LogP contribution in [-0.2, 0) is 12.6 Å². The number of nitrogens with one attached hydrogen (secondary N) is 1. The average Bonchev–Trinajstić information content (AvgIpc) is 3.55. The van der Waals surface area contributed by atoms with Crippen molar-refractivity contribution in [3.05, 3.63) is 83.6 Å². The Hall–Kier alpha value is -4.35. The molecule has 43 heavy (non-hydrogen) atoms. The highest BCUT2D eigenvalue weighted by Crippen LogP contribution is 2.33. The van der Waals surface area contributed by atoms with Crippen molar-refractivity contribution in [2.45, 2.75) is 50.7 Å². The Labute approximate surface area is 247 Å². The van der Waals surface area contributed by atoms with Crippen LogP contribution in [0.4, 0.5) is 23.7 Å². The number of pyridine rings is 2. The van der Waals surface area contributed by atoms with Gasteiger partial charge in [0.1, 0.15) is 11.4 Å². The quantitative estimate of drug-likeness (QED) is 0.301. The van der Waals surface area contributed by atoms with Crippen LogP contribution in [0.3, 0.4) is 0 Å². The van der Waals surface area contributed by atoms with E-state index in [0.717, 1.165) is 23.0 Å². The third-order valence-electron chi connectivity index (χ3n) is 8.38. The van der Waals surface area contributed by atoms with E-state index in [1.54, 1.807) is 15.5 Å². The second kappa shape index (κ2) is 11.4. The molecule has 0 aliphatic carbocycles. The molecule has 0 saturated carbocycles. The number of fused-ring (bicyclic) bond motifs is 1. The number of hydrogen-bond donors (Lipinski definition) is 1. The number of nitrogens with zero attached hydrogens (tertiary/aromatic N) is 6. The third kappa shape index (κ3) is 6.23. The van der Waals surface area contributed by atoms with Gasteiger partial charge in [-0.15, -0.1) is 0 Å². The van der Waals surface area contributed by atoms with E-state index in [1.807, 2.05) is 42.3 Å². The number of piperidine rings is 1. The van der Waals surface area contributed by atoms with Gasteiger partial charge in [0.25, 0.3) is 0 Å². The third-order valence-corrected chi connectivity index (χ3v) is 8.38. The molecule has 1 spiro atoms. The molecule has 2 saturated heterocycles. The van der Waals surface area contributed by atoms with E-state index in [4.69, 9.17) is 9.72 Å². The summed E-state index contributed by atoms with van der Waals surface area (Å²) in [7, 11) is 0. The maximum absolute atomic E-state index is 13.1. The number of ether oxygens (including phenoxy) is 1. The zero-order valence-corrected chi connectivity index (χ0v) is 24.1. The summed E-state index contributed by atoms with van der Waals surface area (Å²) in [5, 5.41) is 7.80. The van der Waals surface area contributed by atoms with E-state index in [-0.39, 0.29) is 11.9 Å². The Balaban J connectivity index is 1.04. The molecular weight excluding hydrogens is 559 g/mol. The fourth-order valence-corrected chi connectivity index (χ4v) is 5.89. The number of carbonyl (C=O) groups is 1. The molecule has 226 valence electrons. The second-order valence-electron chi connectivity index (χ2n) is 11.5. The number of hydrogen-bond acceptors (Lipinski definition) is 6. The first-order valence-corrected chi connectivity index (χ1v) is 14.5. The number of aryl methyl sites for hydroxylation is 1. The normalized spacial score (nSPS) is 17.5. The molecule has 5 heterocycles. The predicted octanol–water partition coefficient (Wildman–Crippen LogP) is 5.24. The zero-order chi connectivity index (χ0) is 30.2. The standard InChI is InChI=1S/C31H34F3N7O2/c1-21-16-25(43-19-22(2)23-6-4-3-5-7-23)18-41-28(21)36-27(38-41)9-13-40-20-30(37-29(40)42)10-14-39(15-11-30)24-8-12-35-26(17-24)31(32,33)34/h3-8,12,16-18,22H,9-11,13-15,19-20H2,1-2H3,(H,37,42)/t22-/m0/s1. The molecule has 3 aromatic heterocycles. The van der Waals surface area contributed by atoms with Crippen LogP contribution in [0.1, 0.15) is 48.3 Å². The van der Waals surface area contributed by atoms with Gasteiger partial charge in [0.15, 0.2) is 11.5 Å². The van der Waals surface area contributed by atoms with Crippen LogP contribution in [0.2, 0.25) is 0 Å². The first kappa shape index (κ1) is 28.8. The monoisotopic (exact) mass is 593 g/mol. The summed E-state index contributed by atoms with van der Waals surface area (Å²) in [6.07, 6.45) is 0.305. The van der Waals surface area contributed by atoms with Crippen molar-refractivity contribution in [3.8, 4) is 5.75 Å². The average molecular weight is 594 g/mol. The Bertz CT molecular complexity index is 1600. The molecule has 1 atom stereocenters. The van der Waals surface area contributed by atoms with Crippen molar-refractivity contribution < 1.29 is 22.7 Å². The van der Waals surface area contributed by atoms with Crippen molar-refractivity contribution in [2.24, 2.45) is 0 Å². The molecular formula is C31H34F3N7O2. The van der Waals surface area contributed by atoms with Crippen LogP contribution in [0.25, 0.3) is 5.65 Å². The highest BCUT2D eigenvalue weighted by atomic mass is 19.4. The van der Waals surface area contributed by atoms with Gasteiger partial charge < -0.3 is 19.9 Å². The predicted molar refractivity (Wildman–Crippen MR) is 155 cm³/mol. The number of urea groups is 1. The number of halogens is 3. The highest BCUT2D eigenvalue weighted by Gasteiger charge is 2.44. The number of rotatable bonds is 8. The first-order chi connectivity index (χ1) is 20.6. The molecule has 1 N–H and O–H groups in total. The topological polar surface area (TPSA) is 87.9 Å². The highest BCUT2D eigenvalue weighted by molar-refractivity contribution is 5.78. The van der Waals surface area contributed by atoms with E-state index < -0.39 is 17.4 Å². The molecule has 2 aliphatic rings. The number of carbonyl (C=O) groups excluding carboxylic acids is 1. The zero-order valence-electron chi connectivity index (χ0n) is 24.1. The van der Waals surface area contributed by atoms with E-state index >= 15 is 0 Å². The molecule has 1 aromatic carbocycles. The largest absolute Gasteiger partial charge is 0.491 e. The lowest BCUT2D eigenvalue weighted by molar-refractivity contribution is -0.141. The van der Waals surface area contributed by atoms with Gasteiger partial charge in [0.05, 0.1) is 18.3 Å². The van der Waals surface area contributed by atoms with Gasteiger partial charge in [-0.25, -0.2) is 14.3 Å². The summed E-state index contributed by atoms with van der Waals surface area (Å²) in [5.41, 5.74) is 2.10. The molecule has 0 bridgehead atoms. The summed E-state index contributed by atoms with van der Waals surface area (Å²) >= 11 is 0. The summed E-state index contributed by atoms with van der Waals surface area (Å²) in [5.74, 6) is 1.60. The fourth-order valence-electron chi connectivity index (χ4n) is 5.89. The van der Waals surface area contributed by atoms with Crippen LogP contribution in [0.15, 0.2) is 60.9 Å². The van der Waals surface area contributed by atoms with Crippen LogP contribution < -0.4 is 15.0 Å². The van der Waals surface area contributed by atoms with Gasteiger partial charge in [0, 0.05) is 50.4 Å². The first-order valence-electron chi connectivity index (χ1n) is 14.5. The maximum Gasteiger partial charge on any atom is 0.433 e. The molecule has 2 fully saturated rings. The van der Waals surface area contributed by atoms with E-state index in [9.17, 15) is 18.0 Å². The molecule has 9 nitrogen and oxygen atoms in total. The lowest BCUT2D eigenvalue weighted by Crippen LogP contribution is -2.52. The molecule has 6 rings (SSSR count). The smallest absolute Gasteiger partial charge is 0.433 e. The van der Waals surface area contributed by atoms with Crippen molar-refractivity contribution >= 4 is 17.4 Å². The summed E-state index contributed by atoms with van der Waals surface area (Å²) in [6.45, 7) is 6.72. The van der Waals surface area contributed by atoms with Gasteiger partial charge in [-0.05, 0) is 49.1 Å². The number of amides is 2. The Morgan fingerprint density at radius 2 is 1.88 bits per heavy atom. The lowest BCUT2D eigenvalue weighted by atomic mass is 9.88. The van der Waals surface area contributed by atoms with E-state index in [0.29, 0.717) is 63.6 Å². The van der Waals surface area contributed by atoms with Crippen LogP contribution in [0, 0.1) is 6.92 Å². The van der Waals surface area contributed by atoms with Gasteiger partial charge >= 0.3 is 12.2 Å². The molecule has 2 aliphatic heterocycles. The van der Waals surface area contributed by atoms with E-state index in [1.165, 1.54) is 11.8 Å². The van der Waals surface area contributed by atoms with Gasteiger partial charge in [-0.3, -0.25) is 4.98 Å². The van der Waals surface area contributed by atoms with Crippen molar-refractivity contribution in [1.29, 1.82) is 0 Å².